The van der Waals surface area contributed by atoms with Crippen molar-refractivity contribution in [2.45, 2.75) is 38.6 Å². The Balaban J connectivity index is 1.81. The quantitative estimate of drug-likeness (QED) is 0.792. The number of nitrogens with one attached hydrogen (secondary N) is 1. The van der Waals surface area contributed by atoms with Crippen LogP contribution in [-0.2, 0) is 6.42 Å². The zero-order valence-electron chi connectivity index (χ0n) is 12.7. The van der Waals surface area contributed by atoms with Crippen LogP contribution >= 0.6 is 15.9 Å². The van der Waals surface area contributed by atoms with Crippen molar-refractivity contribution in [2.75, 3.05) is 6.54 Å². The van der Waals surface area contributed by atoms with Gasteiger partial charge in [-0.3, -0.25) is 0 Å². The van der Waals surface area contributed by atoms with E-state index >= 15 is 0 Å². The Hall–Kier alpha value is -1.12. The van der Waals surface area contributed by atoms with Crippen molar-refractivity contribution >= 4 is 15.9 Å². The number of benzene rings is 2. The highest BCUT2D eigenvalue weighted by Gasteiger charge is 2.28. The van der Waals surface area contributed by atoms with E-state index in [1.54, 1.807) is 5.56 Å². The highest BCUT2D eigenvalue weighted by molar-refractivity contribution is 9.10. The molecule has 0 amide bonds. The molecule has 0 fully saturated rings. The van der Waals surface area contributed by atoms with Crippen LogP contribution in [0.2, 0.25) is 0 Å². The second kappa shape index (κ2) is 6.33. The molecule has 0 radical (unpaired) electrons. The second-order valence-electron chi connectivity index (χ2n) is 5.95. The molecule has 3 rings (SSSR count). The fraction of sp³-hybridized carbons (Fsp3) is 0.368. The van der Waals surface area contributed by atoms with Crippen LogP contribution in [0.15, 0.2) is 46.9 Å². The number of hydrogen-bond acceptors (Lipinski definition) is 1. The van der Waals surface area contributed by atoms with Crippen LogP contribution in [0.5, 0.6) is 0 Å². The van der Waals surface area contributed by atoms with E-state index in [0.29, 0.717) is 12.0 Å². The maximum atomic E-state index is 3.68. The largest absolute Gasteiger partial charge is 0.310 e. The highest BCUT2D eigenvalue weighted by atomic mass is 79.9. The molecule has 2 atom stereocenters. The maximum Gasteiger partial charge on any atom is 0.0329 e. The lowest BCUT2D eigenvalue weighted by molar-refractivity contribution is 0.434. The van der Waals surface area contributed by atoms with E-state index in [1.165, 1.54) is 34.0 Å². The van der Waals surface area contributed by atoms with E-state index in [2.05, 4.69) is 77.6 Å². The third-order valence-electron chi connectivity index (χ3n) is 4.55. The Bertz CT molecular complexity index is 635. The van der Waals surface area contributed by atoms with Gasteiger partial charge in [-0.25, -0.2) is 0 Å². The van der Waals surface area contributed by atoms with Crippen molar-refractivity contribution in [3.05, 3.63) is 69.2 Å². The van der Waals surface area contributed by atoms with Crippen LogP contribution < -0.4 is 5.32 Å². The zero-order valence-corrected chi connectivity index (χ0v) is 14.3. The van der Waals surface area contributed by atoms with Crippen LogP contribution in [0.1, 0.15) is 47.6 Å². The summed E-state index contributed by atoms with van der Waals surface area (Å²) in [6.07, 6.45) is 2.41. The average Bonchev–Trinajstić information content (AvgIpc) is 2.46. The molecule has 21 heavy (non-hydrogen) atoms. The fourth-order valence-electron chi connectivity index (χ4n) is 3.41. The molecule has 0 aliphatic heterocycles. The number of rotatable bonds is 5. The molecule has 2 unspecified atom stereocenters. The Morgan fingerprint density at radius 1 is 1.24 bits per heavy atom. The first-order valence-corrected chi connectivity index (χ1v) is 8.55. The van der Waals surface area contributed by atoms with E-state index < -0.39 is 0 Å². The summed E-state index contributed by atoms with van der Waals surface area (Å²) in [5.74, 6) is 0.698. The summed E-state index contributed by atoms with van der Waals surface area (Å²) in [7, 11) is 0. The van der Waals surface area contributed by atoms with E-state index in [0.717, 1.165) is 6.54 Å². The van der Waals surface area contributed by atoms with Crippen molar-refractivity contribution in [1.82, 2.24) is 5.32 Å². The van der Waals surface area contributed by atoms with Crippen LogP contribution in [0, 0.1) is 6.92 Å². The molecular weight excluding hydrogens is 322 g/mol. The summed E-state index contributed by atoms with van der Waals surface area (Å²) in [6, 6.07) is 15.9. The predicted molar refractivity (Wildman–Crippen MR) is 92.8 cm³/mol. The Labute approximate surface area is 135 Å². The van der Waals surface area contributed by atoms with Crippen LogP contribution in [0.3, 0.4) is 0 Å². The van der Waals surface area contributed by atoms with Gasteiger partial charge in [-0.1, -0.05) is 53.2 Å². The maximum absolute atomic E-state index is 3.68. The van der Waals surface area contributed by atoms with Gasteiger partial charge < -0.3 is 5.32 Å². The minimum atomic E-state index is 0.436. The lowest BCUT2D eigenvalue weighted by Crippen LogP contribution is -2.27. The number of aryl methyl sites for hydroxylation is 1. The second-order valence-corrected chi connectivity index (χ2v) is 6.86. The molecule has 0 aromatic heterocycles. The number of fused-ring (bicyclic) bond motifs is 1. The molecule has 0 spiro atoms. The van der Waals surface area contributed by atoms with E-state index in [1.807, 2.05) is 0 Å². The molecule has 0 saturated carbocycles. The minimum absolute atomic E-state index is 0.436. The van der Waals surface area contributed by atoms with Gasteiger partial charge in [-0.05, 0) is 66.6 Å². The van der Waals surface area contributed by atoms with Gasteiger partial charge in [0.25, 0.3) is 0 Å². The monoisotopic (exact) mass is 343 g/mol. The molecular formula is C19H22BrN. The van der Waals surface area contributed by atoms with E-state index in [-0.39, 0.29) is 0 Å². The van der Waals surface area contributed by atoms with Crippen LogP contribution in [0.4, 0.5) is 0 Å². The summed E-state index contributed by atoms with van der Waals surface area (Å²) in [5, 5.41) is 3.68. The molecule has 110 valence electrons. The first kappa shape index (κ1) is 14.8. The van der Waals surface area contributed by atoms with Gasteiger partial charge in [0.1, 0.15) is 0 Å². The van der Waals surface area contributed by atoms with Gasteiger partial charge in [0.05, 0.1) is 0 Å². The SMILES string of the molecule is CCNC(CC1Cc2ccccc21)c1cc(Br)ccc1C. The molecule has 1 aliphatic carbocycles. The van der Waals surface area contributed by atoms with Crippen molar-refractivity contribution in [2.24, 2.45) is 0 Å². The topological polar surface area (TPSA) is 12.0 Å². The number of hydrogen-bond donors (Lipinski definition) is 1. The summed E-state index contributed by atoms with van der Waals surface area (Å²) in [5.41, 5.74) is 5.88. The molecule has 2 heteroatoms. The molecule has 2 aromatic carbocycles. The lowest BCUT2D eigenvalue weighted by Gasteiger charge is -2.34. The van der Waals surface area contributed by atoms with Crippen LogP contribution in [-0.4, -0.2) is 6.54 Å². The highest BCUT2D eigenvalue weighted by Crippen LogP contribution is 2.41. The Kier molecular flexibility index (Phi) is 4.46. The van der Waals surface area contributed by atoms with Crippen molar-refractivity contribution in [3.8, 4) is 0 Å². The summed E-state index contributed by atoms with van der Waals surface area (Å²) in [6.45, 7) is 5.40. The molecule has 0 heterocycles. The molecule has 1 N–H and O–H groups in total. The Morgan fingerprint density at radius 2 is 2.05 bits per heavy atom. The van der Waals surface area contributed by atoms with E-state index in [4.69, 9.17) is 0 Å². The van der Waals surface area contributed by atoms with Gasteiger partial charge in [0.15, 0.2) is 0 Å². The van der Waals surface area contributed by atoms with Gasteiger partial charge in [0, 0.05) is 10.5 Å². The first-order chi connectivity index (χ1) is 10.2. The smallest absolute Gasteiger partial charge is 0.0329 e. The van der Waals surface area contributed by atoms with E-state index in [9.17, 15) is 0 Å². The molecule has 1 nitrogen and oxygen atoms in total. The Morgan fingerprint density at radius 3 is 2.81 bits per heavy atom. The normalized spacial score (nSPS) is 18.0. The molecule has 0 bridgehead atoms. The zero-order chi connectivity index (χ0) is 14.8. The van der Waals surface area contributed by atoms with Crippen molar-refractivity contribution in [1.29, 1.82) is 0 Å². The van der Waals surface area contributed by atoms with Gasteiger partial charge in [-0.2, -0.15) is 0 Å². The lowest BCUT2D eigenvalue weighted by atomic mass is 9.73. The van der Waals surface area contributed by atoms with Gasteiger partial charge >= 0.3 is 0 Å². The van der Waals surface area contributed by atoms with Gasteiger partial charge in [-0.15, -0.1) is 0 Å². The molecule has 1 aliphatic rings. The third kappa shape index (κ3) is 3.07. The van der Waals surface area contributed by atoms with Crippen molar-refractivity contribution in [3.63, 3.8) is 0 Å². The standard InChI is InChI=1S/C19H22BrN/c1-3-21-19(18-12-16(20)9-8-13(18)2)11-15-10-14-6-4-5-7-17(14)15/h4-9,12,15,19,21H,3,10-11H2,1-2H3. The van der Waals surface area contributed by atoms with Gasteiger partial charge in [0.2, 0.25) is 0 Å². The molecule has 0 saturated heterocycles. The fourth-order valence-corrected chi connectivity index (χ4v) is 3.79. The number of halogens is 1. The average molecular weight is 344 g/mol. The van der Waals surface area contributed by atoms with Crippen LogP contribution in [0.25, 0.3) is 0 Å². The molecule has 2 aromatic rings. The minimum Gasteiger partial charge on any atom is -0.310 e. The third-order valence-corrected chi connectivity index (χ3v) is 5.04. The summed E-state index contributed by atoms with van der Waals surface area (Å²) < 4.78 is 1.17. The first-order valence-electron chi connectivity index (χ1n) is 7.76. The summed E-state index contributed by atoms with van der Waals surface area (Å²) >= 11 is 3.61. The predicted octanol–water partition coefficient (Wildman–Crippen LogP) is 5.14. The summed E-state index contributed by atoms with van der Waals surface area (Å²) in [4.78, 5) is 0. The van der Waals surface area contributed by atoms with Crippen molar-refractivity contribution < 1.29 is 0 Å².